The Morgan fingerprint density at radius 3 is 2.80 bits per heavy atom. The Hall–Kier alpha value is -1.85. The molecule has 0 fully saturated rings. The number of rotatable bonds is 3. The maximum absolute atomic E-state index is 12.7. The normalized spacial score (nSPS) is 16.2. The molecular weight excluding hydrogens is 356 g/mol. The highest BCUT2D eigenvalue weighted by atomic mass is 35.5. The highest BCUT2D eigenvalue weighted by Gasteiger charge is 2.28. The first-order valence-electron chi connectivity index (χ1n) is 8.26. The van der Waals surface area contributed by atoms with Crippen LogP contribution in [0.15, 0.2) is 24.3 Å². The molecule has 1 atom stereocenters. The standard InChI is InChI=1S/C19H21ClN2O2S/c1-11-14(20)5-4-6-15(11)21-18(23)12-7-8-16-13(9-12)10-17(25-16)19(24)22(2)3/h4-6,10,12H,7-9H2,1-3H3,(H,21,23)/t12-/m0/s1. The molecule has 0 bridgehead atoms. The minimum Gasteiger partial charge on any atom is -0.344 e. The van der Waals surface area contributed by atoms with Crippen molar-refractivity contribution in [3.05, 3.63) is 50.2 Å². The number of carbonyl (C=O) groups is 2. The molecule has 132 valence electrons. The van der Waals surface area contributed by atoms with E-state index in [1.807, 2.05) is 31.2 Å². The molecule has 1 N–H and O–H groups in total. The molecule has 1 aromatic heterocycles. The van der Waals surface area contributed by atoms with Crippen molar-refractivity contribution in [2.75, 3.05) is 19.4 Å². The molecule has 1 aliphatic carbocycles. The predicted molar refractivity (Wildman–Crippen MR) is 103 cm³/mol. The fraction of sp³-hybridized carbons (Fsp3) is 0.368. The Morgan fingerprint density at radius 2 is 2.08 bits per heavy atom. The lowest BCUT2D eigenvalue weighted by molar-refractivity contribution is -0.120. The van der Waals surface area contributed by atoms with E-state index in [9.17, 15) is 9.59 Å². The first kappa shape index (κ1) is 18.0. The van der Waals surface area contributed by atoms with Gasteiger partial charge in [-0.2, -0.15) is 0 Å². The summed E-state index contributed by atoms with van der Waals surface area (Å²) in [6, 6.07) is 7.47. The van der Waals surface area contributed by atoms with Crippen molar-refractivity contribution in [1.82, 2.24) is 4.90 Å². The van der Waals surface area contributed by atoms with Crippen LogP contribution >= 0.6 is 22.9 Å². The Kier molecular flexibility index (Phi) is 5.16. The summed E-state index contributed by atoms with van der Waals surface area (Å²) in [7, 11) is 3.51. The van der Waals surface area contributed by atoms with Gasteiger partial charge in [0.15, 0.2) is 0 Å². The van der Waals surface area contributed by atoms with Gasteiger partial charge in [0.2, 0.25) is 5.91 Å². The highest BCUT2D eigenvalue weighted by Crippen LogP contribution is 2.33. The quantitative estimate of drug-likeness (QED) is 0.874. The minimum absolute atomic E-state index is 0.0164. The summed E-state index contributed by atoms with van der Waals surface area (Å²) in [5, 5.41) is 3.65. The average molecular weight is 377 g/mol. The number of anilines is 1. The summed E-state index contributed by atoms with van der Waals surface area (Å²) in [5.74, 6) is -0.0413. The highest BCUT2D eigenvalue weighted by molar-refractivity contribution is 7.14. The molecule has 1 heterocycles. The zero-order chi connectivity index (χ0) is 18.1. The van der Waals surface area contributed by atoms with Crippen molar-refractivity contribution >= 4 is 40.4 Å². The summed E-state index contributed by atoms with van der Waals surface area (Å²) >= 11 is 7.68. The number of thiophene rings is 1. The van der Waals surface area contributed by atoms with Gasteiger partial charge in [0, 0.05) is 35.6 Å². The lowest BCUT2D eigenvalue weighted by Crippen LogP contribution is -2.27. The van der Waals surface area contributed by atoms with Gasteiger partial charge >= 0.3 is 0 Å². The smallest absolute Gasteiger partial charge is 0.263 e. The van der Waals surface area contributed by atoms with E-state index in [0.717, 1.165) is 34.5 Å². The number of nitrogens with zero attached hydrogens (tertiary/aromatic N) is 1. The summed E-state index contributed by atoms with van der Waals surface area (Å²) < 4.78 is 0. The second kappa shape index (κ2) is 7.18. The Bertz CT molecular complexity index is 829. The zero-order valence-corrected chi connectivity index (χ0v) is 16.1. The molecule has 0 saturated heterocycles. The number of hydrogen-bond acceptors (Lipinski definition) is 3. The van der Waals surface area contributed by atoms with Gasteiger partial charge in [-0.25, -0.2) is 0 Å². The third kappa shape index (κ3) is 3.72. The van der Waals surface area contributed by atoms with E-state index in [1.54, 1.807) is 30.3 Å². The number of benzene rings is 1. The average Bonchev–Trinajstić information content (AvgIpc) is 3.01. The van der Waals surface area contributed by atoms with Crippen LogP contribution in [-0.4, -0.2) is 30.8 Å². The number of nitrogens with one attached hydrogen (secondary N) is 1. The van der Waals surface area contributed by atoms with Crippen molar-refractivity contribution in [2.24, 2.45) is 5.92 Å². The van der Waals surface area contributed by atoms with E-state index in [2.05, 4.69) is 5.32 Å². The van der Waals surface area contributed by atoms with Crippen LogP contribution in [0.4, 0.5) is 5.69 Å². The largest absolute Gasteiger partial charge is 0.344 e. The van der Waals surface area contributed by atoms with Crippen LogP contribution in [0.5, 0.6) is 0 Å². The maximum atomic E-state index is 12.7. The molecule has 2 aromatic rings. The lowest BCUT2D eigenvalue weighted by Gasteiger charge is -2.22. The topological polar surface area (TPSA) is 49.4 Å². The fourth-order valence-electron chi connectivity index (χ4n) is 3.05. The zero-order valence-electron chi connectivity index (χ0n) is 14.6. The van der Waals surface area contributed by atoms with Crippen molar-refractivity contribution in [3.63, 3.8) is 0 Å². The van der Waals surface area contributed by atoms with Crippen LogP contribution in [0.1, 0.15) is 32.1 Å². The van der Waals surface area contributed by atoms with Gasteiger partial charge < -0.3 is 10.2 Å². The minimum atomic E-state index is -0.0808. The SMILES string of the molecule is Cc1c(Cl)cccc1NC(=O)[C@H]1CCc2sc(C(=O)N(C)C)cc2C1. The van der Waals surface area contributed by atoms with Crippen LogP contribution < -0.4 is 5.32 Å². The Morgan fingerprint density at radius 1 is 1.32 bits per heavy atom. The van der Waals surface area contributed by atoms with Crippen molar-refractivity contribution < 1.29 is 9.59 Å². The first-order chi connectivity index (χ1) is 11.9. The Labute approximate surface area is 156 Å². The predicted octanol–water partition coefficient (Wildman–Crippen LogP) is 4.16. The van der Waals surface area contributed by atoms with Crippen molar-refractivity contribution in [3.8, 4) is 0 Å². The third-order valence-corrected chi connectivity index (χ3v) is 6.23. The monoisotopic (exact) mass is 376 g/mol. The molecule has 0 radical (unpaired) electrons. The molecule has 0 aliphatic heterocycles. The maximum Gasteiger partial charge on any atom is 0.263 e. The summed E-state index contributed by atoms with van der Waals surface area (Å²) in [4.78, 5) is 28.4. The molecule has 25 heavy (non-hydrogen) atoms. The third-order valence-electron chi connectivity index (χ3n) is 4.60. The van der Waals surface area contributed by atoms with Gasteiger partial charge in [-0.3, -0.25) is 9.59 Å². The molecule has 0 saturated carbocycles. The van der Waals surface area contributed by atoms with Gasteiger partial charge in [0.25, 0.3) is 5.91 Å². The van der Waals surface area contributed by atoms with Crippen LogP contribution in [0.25, 0.3) is 0 Å². The molecule has 0 unspecified atom stereocenters. The van der Waals surface area contributed by atoms with E-state index >= 15 is 0 Å². The number of carbonyl (C=O) groups excluding carboxylic acids is 2. The van der Waals surface area contributed by atoms with Crippen LogP contribution in [0, 0.1) is 12.8 Å². The Balaban J connectivity index is 1.73. The van der Waals surface area contributed by atoms with Crippen LogP contribution in [0.2, 0.25) is 5.02 Å². The number of aryl methyl sites for hydroxylation is 1. The number of fused-ring (bicyclic) bond motifs is 1. The van der Waals surface area contributed by atoms with Gasteiger partial charge in [-0.15, -0.1) is 11.3 Å². The van der Waals surface area contributed by atoms with Crippen LogP contribution in [-0.2, 0) is 17.6 Å². The summed E-state index contributed by atoms with van der Waals surface area (Å²) in [6.07, 6.45) is 2.32. The fourth-order valence-corrected chi connectivity index (χ4v) is 4.46. The molecule has 6 heteroatoms. The lowest BCUT2D eigenvalue weighted by atomic mass is 9.87. The molecule has 3 rings (SSSR count). The second-order valence-electron chi connectivity index (χ2n) is 6.60. The molecule has 4 nitrogen and oxygen atoms in total. The second-order valence-corrected chi connectivity index (χ2v) is 8.14. The van der Waals surface area contributed by atoms with Gasteiger partial charge in [0.05, 0.1) is 4.88 Å². The molecule has 1 aliphatic rings. The van der Waals surface area contributed by atoms with Gasteiger partial charge in [-0.05, 0) is 55.5 Å². The van der Waals surface area contributed by atoms with Gasteiger partial charge in [0.1, 0.15) is 0 Å². The van der Waals surface area contributed by atoms with Crippen molar-refractivity contribution in [2.45, 2.75) is 26.2 Å². The molecule has 1 aromatic carbocycles. The van der Waals surface area contributed by atoms with Crippen LogP contribution in [0.3, 0.4) is 0 Å². The van der Waals surface area contributed by atoms with Crippen molar-refractivity contribution in [1.29, 1.82) is 0 Å². The number of hydrogen-bond donors (Lipinski definition) is 1. The number of halogens is 1. The van der Waals surface area contributed by atoms with Gasteiger partial charge in [-0.1, -0.05) is 17.7 Å². The molecule has 0 spiro atoms. The van der Waals surface area contributed by atoms with E-state index in [1.165, 1.54) is 4.88 Å². The summed E-state index contributed by atoms with van der Waals surface area (Å²) in [5.41, 5.74) is 2.77. The van der Waals surface area contributed by atoms with E-state index in [-0.39, 0.29) is 17.7 Å². The molecule has 2 amide bonds. The van der Waals surface area contributed by atoms with E-state index < -0.39 is 0 Å². The van der Waals surface area contributed by atoms with E-state index in [4.69, 9.17) is 11.6 Å². The number of amides is 2. The summed E-state index contributed by atoms with van der Waals surface area (Å²) in [6.45, 7) is 1.90. The first-order valence-corrected chi connectivity index (χ1v) is 9.45. The molecular formula is C19H21ClN2O2S. The van der Waals surface area contributed by atoms with E-state index in [0.29, 0.717) is 11.4 Å².